The maximum absolute atomic E-state index is 11.5. The van der Waals surface area contributed by atoms with Crippen LogP contribution in [0.15, 0.2) is 48.7 Å². The number of nitrogens with zero attached hydrogens (tertiary/aromatic N) is 5. The van der Waals surface area contributed by atoms with Gasteiger partial charge in [-0.25, -0.2) is 9.97 Å². The van der Waals surface area contributed by atoms with E-state index in [9.17, 15) is 10.1 Å². The number of nitrogens with two attached hydrogens (primary N) is 1. The van der Waals surface area contributed by atoms with Crippen molar-refractivity contribution in [1.29, 1.82) is 5.26 Å². The van der Waals surface area contributed by atoms with Gasteiger partial charge in [-0.3, -0.25) is 9.20 Å². The summed E-state index contributed by atoms with van der Waals surface area (Å²) >= 11 is 0. The minimum atomic E-state index is -0.217. The van der Waals surface area contributed by atoms with Crippen LogP contribution >= 0.6 is 0 Å². The first-order valence-corrected chi connectivity index (χ1v) is 11.1. The molecule has 4 heterocycles. The van der Waals surface area contributed by atoms with E-state index in [0.29, 0.717) is 17.8 Å². The first-order valence-electron chi connectivity index (χ1n) is 11.1. The molecule has 0 aliphatic carbocycles. The Morgan fingerprint density at radius 3 is 2.79 bits per heavy atom. The molecule has 0 atom stereocenters. The second kappa shape index (κ2) is 8.43. The van der Waals surface area contributed by atoms with E-state index in [1.165, 1.54) is 0 Å². The average Bonchev–Trinajstić information content (AvgIpc) is 3.22. The zero-order chi connectivity index (χ0) is 22.9. The van der Waals surface area contributed by atoms with Crippen LogP contribution in [0.4, 0.5) is 11.6 Å². The molecule has 33 heavy (non-hydrogen) atoms. The second-order valence-electron chi connectivity index (χ2n) is 8.46. The van der Waals surface area contributed by atoms with Gasteiger partial charge in [-0.15, -0.1) is 0 Å². The summed E-state index contributed by atoms with van der Waals surface area (Å²) in [7, 11) is 0. The molecule has 8 heteroatoms. The molecule has 3 aromatic heterocycles. The topological polar surface area (TPSA) is 112 Å². The number of aryl methyl sites for hydroxylation is 1. The lowest BCUT2D eigenvalue weighted by atomic mass is 9.96. The molecule has 1 aliphatic heterocycles. The largest absolute Gasteiger partial charge is 0.369 e. The molecule has 1 amide bonds. The third-order valence-corrected chi connectivity index (χ3v) is 6.41. The highest BCUT2D eigenvalue weighted by atomic mass is 16.1. The van der Waals surface area contributed by atoms with Crippen molar-refractivity contribution in [1.82, 2.24) is 14.4 Å². The molecule has 1 aromatic carbocycles. The van der Waals surface area contributed by atoms with Gasteiger partial charge in [0.25, 0.3) is 0 Å². The fraction of sp³-hybridized carbons (Fsp3) is 0.280. The van der Waals surface area contributed by atoms with Gasteiger partial charge < -0.3 is 16.0 Å². The van der Waals surface area contributed by atoms with Crippen LogP contribution in [0.3, 0.4) is 0 Å². The number of pyridine rings is 2. The normalized spacial score (nSPS) is 14.5. The first kappa shape index (κ1) is 20.8. The molecule has 5 rings (SSSR count). The SMILES string of the molecule is Cc1cc(NCc2cccnc2N2CCC(C(N)=O)CC2)n2c(nc3ccccc32)c1C#N. The van der Waals surface area contributed by atoms with E-state index in [-0.39, 0.29) is 11.8 Å². The molecule has 0 bridgehead atoms. The predicted octanol–water partition coefficient (Wildman–Crippen LogP) is 3.38. The quantitative estimate of drug-likeness (QED) is 0.493. The van der Waals surface area contributed by atoms with E-state index in [0.717, 1.165) is 59.7 Å². The number of carbonyl (C=O) groups is 1. The number of aromatic nitrogens is 3. The number of anilines is 2. The van der Waals surface area contributed by atoms with Crippen molar-refractivity contribution in [2.45, 2.75) is 26.3 Å². The molecule has 166 valence electrons. The van der Waals surface area contributed by atoms with Crippen LogP contribution in [0.25, 0.3) is 16.7 Å². The lowest BCUT2D eigenvalue weighted by Crippen LogP contribution is -2.39. The van der Waals surface area contributed by atoms with Crippen LogP contribution in [0.1, 0.15) is 29.5 Å². The number of para-hydroxylation sites is 2. The Labute approximate surface area is 191 Å². The summed E-state index contributed by atoms with van der Waals surface area (Å²) in [6.45, 7) is 4.00. The second-order valence-corrected chi connectivity index (χ2v) is 8.46. The van der Waals surface area contributed by atoms with E-state index in [4.69, 9.17) is 10.7 Å². The van der Waals surface area contributed by atoms with Crippen molar-refractivity contribution in [3.05, 3.63) is 65.4 Å². The van der Waals surface area contributed by atoms with Gasteiger partial charge in [0.1, 0.15) is 17.7 Å². The number of nitrogens with one attached hydrogen (secondary N) is 1. The van der Waals surface area contributed by atoms with Gasteiger partial charge in [0.05, 0.1) is 16.6 Å². The third-order valence-electron chi connectivity index (χ3n) is 6.41. The standard InChI is InChI=1S/C25H25N7O/c1-16-13-22(32-21-7-3-2-6-20(21)30-25(32)19(16)14-26)29-15-18-5-4-10-28-24(18)31-11-8-17(9-12-31)23(27)33/h2-7,10,13,17,29H,8-9,11-12,15H2,1H3,(H2,27,33). The Morgan fingerprint density at radius 2 is 2.03 bits per heavy atom. The summed E-state index contributed by atoms with van der Waals surface area (Å²) < 4.78 is 2.01. The Kier molecular flexibility index (Phi) is 5.31. The number of benzene rings is 1. The van der Waals surface area contributed by atoms with E-state index < -0.39 is 0 Å². The number of nitriles is 1. The van der Waals surface area contributed by atoms with Gasteiger partial charge >= 0.3 is 0 Å². The van der Waals surface area contributed by atoms with E-state index in [2.05, 4.69) is 27.3 Å². The number of carbonyl (C=O) groups excluding carboxylic acids is 1. The van der Waals surface area contributed by atoms with Gasteiger partial charge in [-0.05, 0) is 49.6 Å². The summed E-state index contributed by atoms with van der Waals surface area (Å²) in [6, 6.07) is 16.2. The van der Waals surface area contributed by atoms with Crippen molar-refractivity contribution >= 4 is 34.2 Å². The minimum Gasteiger partial charge on any atom is -0.369 e. The molecule has 4 aromatic rings. The van der Waals surface area contributed by atoms with Crippen LogP contribution in [0.2, 0.25) is 0 Å². The summed E-state index contributed by atoms with van der Waals surface area (Å²) in [5.74, 6) is 1.52. The zero-order valence-corrected chi connectivity index (χ0v) is 18.5. The van der Waals surface area contributed by atoms with Crippen molar-refractivity contribution in [2.24, 2.45) is 11.7 Å². The van der Waals surface area contributed by atoms with Crippen molar-refractivity contribution in [2.75, 3.05) is 23.3 Å². The molecule has 3 N–H and O–H groups in total. The van der Waals surface area contributed by atoms with Crippen LogP contribution in [0, 0.1) is 24.2 Å². The maximum atomic E-state index is 11.5. The average molecular weight is 440 g/mol. The molecule has 0 radical (unpaired) electrons. The summed E-state index contributed by atoms with van der Waals surface area (Å²) in [6.07, 6.45) is 3.29. The molecule has 8 nitrogen and oxygen atoms in total. The Hall–Kier alpha value is -4.12. The molecule has 1 saturated heterocycles. The Balaban J connectivity index is 1.47. The van der Waals surface area contributed by atoms with E-state index in [1.807, 2.05) is 47.7 Å². The number of imidazole rings is 1. The summed E-state index contributed by atoms with van der Waals surface area (Å²) in [4.78, 5) is 23.1. The number of hydrogen-bond acceptors (Lipinski definition) is 6. The van der Waals surface area contributed by atoms with E-state index >= 15 is 0 Å². The lowest BCUT2D eigenvalue weighted by Gasteiger charge is -2.32. The van der Waals surface area contributed by atoms with Crippen molar-refractivity contribution < 1.29 is 4.79 Å². The Bertz CT molecular complexity index is 1390. The molecular formula is C25H25N7O. The first-order chi connectivity index (χ1) is 16.1. The number of primary amides is 1. The molecular weight excluding hydrogens is 414 g/mol. The highest BCUT2D eigenvalue weighted by Gasteiger charge is 2.25. The minimum absolute atomic E-state index is 0.0593. The van der Waals surface area contributed by atoms with Crippen LogP contribution < -0.4 is 16.0 Å². The summed E-state index contributed by atoms with van der Waals surface area (Å²) in [5.41, 5.74) is 10.5. The van der Waals surface area contributed by atoms with Crippen LogP contribution in [-0.2, 0) is 11.3 Å². The fourth-order valence-electron chi connectivity index (χ4n) is 4.64. The van der Waals surface area contributed by atoms with Crippen LogP contribution in [0.5, 0.6) is 0 Å². The monoisotopic (exact) mass is 439 g/mol. The number of amides is 1. The number of piperidine rings is 1. The van der Waals surface area contributed by atoms with Gasteiger partial charge in [0.15, 0.2) is 5.65 Å². The Morgan fingerprint density at radius 1 is 1.24 bits per heavy atom. The molecule has 0 unspecified atom stereocenters. The van der Waals surface area contributed by atoms with Gasteiger partial charge in [0, 0.05) is 37.3 Å². The zero-order valence-electron chi connectivity index (χ0n) is 18.5. The molecule has 1 aliphatic rings. The van der Waals surface area contributed by atoms with Gasteiger partial charge in [-0.2, -0.15) is 5.26 Å². The predicted molar refractivity (Wildman–Crippen MR) is 128 cm³/mol. The smallest absolute Gasteiger partial charge is 0.220 e. The highest BCUT2D eigenvalue weighted by Crippen LogP contribution is 2.28. The van der Waals surface area contributed by atoms with Gasteiger partial charge in [0.2, 0.25) is 5.91 Å². The fourth-order valence-corrected chi connectivity index (χ4v) is 4.64. The van der Waals surface area contributed by atoms with Crippen LogP contribution in [-0.4, -0.2) is 33.4 Å². The van der Waals surface area contributed by atoms with Crippen molar-refractivity contribution in [3.8, 4) is 6.07 Å². The van der Waals surface area contributed by atoms with Crippen molar-refractivity contribution in [3.63, 3.8) is 0 Å². The highest BCUT2D eigenvalue weighted by molar-refractivity contribution is 5.85. The molecule has 0 saturated carbocycles. The third kappa shape index (κ3) is 3.72. The maximum Gasteiger partial charge on any atom is 0.220 e. The lowest BCUT2D eigenvalue weighted by molar-refractivity contribution is -0.122. The molecule has 0 spiro atoms. The van der Waals surface area contributed by atoms with Gasteiger partial charge in [-0.1, -0.05) is 18.2 Å². The van der Waals surface area contributed by atoms with E-state index in [1.54, 1.807) is 6.20 Å². The molecule has 1 fully saturated rings. The number of hydrogen-bond donors (Lipinski definition) is 2. The summed E-state index contributed by atoms with van der Waals surface area (Å²) in [5, 5.41) is 13.3. The number of fused-ring (bicyclic) bond motifs is 3. The number of rotatable bonds is 5.